The summed E-state index contributed by atoms with van der Waals surface area (Å²) in [5.41, 5.74) is 26.9. The molecule has 0 radical (unpaired) electrons. The Morgan fingerprint density at radius 2 is 0.896 bits per heavy atom. The molecule has 0 aliphatic heterocycles. The third-order valence-corrected chi connectivity index (χ3v) is 11.9. The molecule has 0 atom stereocenters. The van der Waals surface area contributed by atoms with Crippen LogP contribution in [0, 0.1) is 0 Å². The van der Waals surface area contributed by atoms with E-state index >= 15 is 0 Å². The Morgan fingerprint density at radius 3 is 1.44 bits per heavy atom. The van der Waals surface area contributed by atoms with E-state index in [1.807, 2.05) is 0 Å². The number of aromatic nitrogens is 1. The first-order valence-corrected chi connectivity index (χ1v) is 18.4. The Morgan fingerprint density at radius 1 is 0.438 bits per heavy atom. The normalized spacial score (nSPS) is 14.8. The fourth-order valence-electron chi connectivity index (χ4n) is 9.67. The smallest absolute Gasteiger partial charge is 0.191 e. The summed E-state index contributed by atoms with van der Waals surface area (Å²) in [5, 5.41) is 0. The summed E-state index contributed by atoms with van der Waals surface area (Å²) in [6.45, 7) is 3.40. The molecule has 4 aliphatic carbocycles. The van der Waals surface area contributed by atoms with Gasteiger partial charge in [-0.2, -0.15) is 4.57 Å². The largest absolute Gasteiger partial charge is 0.217 e. The standard InChI is InChI=1S/C47H42N/c1-2-3-25-48-46-39(23-21-35-26-33-19-17-30-11-7-9-15-37(30)41(33)28-43(35)46)45(32-13-5-4-6-14-32)40-24-22-36-27-34-20-18-31-12-8-10-16-38(31)42(34)29-44(36)47(40)48/h4-16,26-29H,2-3,17-25H2,1H3/q+1. The summed E-state index contributed by atoms with van der Waals surface area (Å²) in [7, 11) is 0. The number of aryl methyl sites for hydroxylation is 6. The Hall–Kier alpha value is -4.75. The van der Waals surface area contributed by atoms with Gasteiger partial charge >= 0.3 is 0 Å². The Balaban J connectivity index is 1.30. The summed E-state index contributed by atoms with van der Waals surface area (Å²) in [6.07, 6.45) is 11.4. The van der Waals surface area contributed by atoms with Crippen LogP contribution in [0.5, 0.6) is 0 Å². The maximum absolute atomic E-state index is 2.82. The molecule has 6 aromatic rings. The van der Waals surface area contributed by atoms with Gasteiger partial charge in [-0.15, -0.1) is 0 Å². The first kappa shape index (κ1) is 28.3. The monoisotopic (exact) mass is 620 g/mol. The van der Waals surface area contributed by atoms with Crippen molar-refractivity contribution in [1.82, 2.24) is 0 Å². The van der Waals surface area contributed by atoms with Crippen molar-refractivity contribution < 1.29 is 4.57 Å². The van der Waals surface area contributed by atoms with Crippen molar-refractivity contribution in [3.8, 4) is 55.9 Å². The van der Waals surface area contributed by atoms with E-state index in [4.69, 9.17) is 0 Å². The van der Waals surface area contributed by atoms with Gasteiger partial charge in [0.1, 0.15) is 6.54 Å². The fraction of sp³-hybridized carbons (Fsp3) is 0.255. The van der Waals surface area contributed by atoms with E-state index in [0.717, 1.165) is 57.9 Å². The van der Waals surface area contributed by atoms with Crippen LogP contribution < -0.4 is 4.57 Å². The van der Waals surface area contributed by atoms with Gasteiger partial charge in [0.05, 0.1) is 11.1 Å². The molecule has 234 valence electrons. The number of unbranched alkanes of at least 4 members (excludes halogenated alkanes) is 1. The molecule has 0 bridgehead atoms. The minimum Gasteiger partial charge on any atom is -0.191 e. The maximum Gasteiger partial charge on any atom is 0.217 e. The van der Waals surface area contributed by atoms with E-state index in [2.05, 4.69) is 115 Å². The number of hydrogen-bond acceptors (Lipinski definition) is 0. The number of rotatable bonds is 4. The van der Waals surface area contributed by atoms with Crippen LogP contribution in [0.1, 0.15) is 64.3 Å². The van der Waals surface area contributed by atoms with Crippen molar-refractivity contribution in [3.63, 3.8) is 0 Å². The SMILES string of the molecule is CCCC[n+]1c2c(c(-c3ccccc3)c3c1-c1cc4c(cc1CC3)CCc1ccccc1-4)CCc1cc3c(cc1-2)-c1ccccc1CC3. The van der Waals surface area contributed by atoms with Crippen molar-refractivity contribution >= 4 is 0 Å². The summed E-state index contributed by atoms with van der Waals surface area (Å²) in [6, 6.07) is 40.0. The third kappa shape index (κ3) is 4.26. The van der Waals surface area contributed by atoms with Crippen molar-refractivity contribution in [2.24, 2.45) is 0 Å². The van der Waals surface area contributed by atoms with Gasteiger partial charge in [0.15, 0.2) is 0 Å². The minimum absolute atomic E-state index is 1.05. The lowest BCUT2D eigenvalue weighted by Crippen LogP contribution is -2.43. The molecule has 0 spiro atoms. The molecule has 4 aliphatic rings. The maximum atomic E-state index is 2.82. The Bertz CT molecular complexity index is 2130. The van der Waals surface area contributed by atoms with Gasteiger partial charge in [0.2, 0.25) is 11.4 Å². The van der Waals surface area contributed by atoms with Crippen LogP contribution in [-0.4, -0.2) is 0 Å². The summed E-state index contributed by atoms with van der Waals surface area (Å²) >= 11 is 0. The molecule has 1 heterocycles. The first-order chi connectivity index (χ1) is 23.8. The molecule has 0 saturated heterocycles. The number of benzene rings is 5. The van der Waals surface area contributed by atoms with Gasteiger partial charge in [0, 0.05) is 23.1 Å². The van der Waals surface area contributed by atoms with E-state index in [0.29, 0.717) is 0 Å². The van der Waals surface area contributed by atoms with Crippen molar-refractivity contribution in [2.75, 3.05) is 0 Å². The quantitative estimate of drug-likeness (QED) is 0.173. The molecular weight excluding hydrogens is 579 g/mol. The van der Waals surface area contributed by atoms with Crippen LogP contribution in [0.2, 0.25) is 0 Å². The number of hydrogen-bond donors (Lipinski definition) is 0. The summed E-state index contributed by atoms with van der Waals surface area (Å²) < 4.78 is 2.82. The lowest BCUT2D eigenvalue weighted by atomic mass is 9.74. The molecule has 1 nitrogen and oxygen atoms in total. The fourth-order valence-corrected chi connectivity index (χ4v) is 9.67. The van der Waals surface area contributed by atoms with Gasteiger partial charge in [-0.3, -0.25) is 0 Å². The molecule has 1 aromatic heterocycles. The molecule has 0 fully saturated rings. The van der Waals surface area contributed by atoms with E-state index in [-0.39, 0.29) is 0 Å². The van der Waals surface area contributed by atoms with Crippen molar-refractivity contribution in [3.05, 3.63) is 148 Å². The van der Waals surface area contributed by atoms with Crippen LogP contribution in [0.15, 0.2) is 103 Å². The topological polar surface area (TPSA) is 3.88 Å². The Labute approximate surface area is 285 Å². The predicted molar refractivity (Wildman–Crippen MR) is 198 cm³/mol. The average Bonchev–Trinajstić information content (AvgIpc) is 3.15. The van der Waals surface area contributed by atoms with Gasteiger partial charge in [0.25, 0.3) is 0 Å². The van der Waals surface area contributed by atoms with Gasteiger partial charge in [-0.05, 0) is 125 Å². The first-order valence-electron chi connectivity index (χ1n) is 18.4. The summed E-state index contributed by atoms with van der Waals surface area (Å²) in [5.74, 6) is 0. The highest BCUT2D eigenvalue weighted by Gasteiger charge is 2.39. The van der Waals surface area contributed by atoms with E-state index in [9.17, 15) is 0 Å². The summed E-state index contributed by atoms with van der Waals surface area (Å²) in [4.78, 5) is 0. The molecule has 1 heteroatoms. The van der Waals surface area contributed by atoms with Gasteiger partial charge in [-0.25, -0.2) is 0 Å². The van der Waals surface area contributed by atoms with E-state index in [1.165, 1.54) is 91.0 Å². The van der Waals surface area contributed by atoms with Gasteiger partial charge < -0.3 is 0 Å². The molecule has 5 aromatic carbocycles. The number of fused-ring (bicyclic) bond motifs is 12. The zero-order chi connectivity index (χ0) is 31.8. The molecular formula is C47H42N+. The second-order valence-electron chi connectivity index (χ2n) is 14.5. The van der Waals surface area contributed by atoms with Crippen molar-refractivity contribution in [1.29, 1.82) is 0 Å². The molecule has 48 heavy (non-hydrogen) atoms. The van der Waals surface area contributed by atoms with Crippen LogP contribution in [0.25, 0.3) is 55.9 Å². The van der Waals surface area contributed by atoms with Crippen LogP contribution in [0.4, 0.5) is 0 Å². The number of nitrogens with zero attached hydrogens (tertiary/aromatic N) is 1. The Kier molecular flexibility index (Phi) is 6.58. The van der Waals surface area contributed by atoms with E-state index in [1.54, 1.807) is 22.3 Å². The van der Waals surface area contributed by atoms with Crippen LogP contribution in [-0.2, 0) is 57.9 Å². The molecule has 0 N–H and O–H groups in total. The minimum atomic E-state index is 1.05. The second kappa shape index (κ2) is 11.2. The lowest BCUT2D eigenvalue weighted by molar-refractivity contribution is -0.676. The highest BCUT2D eigenvalue weighted by atomic mass is 15.0. The molecule has 10 rings (SSSR count). The van der Waals surface area contributed by atoms with E-state index < -0.39 is 0 Å². The third-order valence-electron chi connectivity index (χ3n) is 11.9. The number of pyridine rings is 1. The van der Waals surface area contributed by atoms with Crippen LogP contribution >= 0.6 is 0 Å². The molecule has 0 amide bonds. The average molecular weight is 621 g/mol. The highest BCUT2D eigenvalue weighted by molar-refractivity contribution is 5.89. The van der Waals surface area contributed by atoms with Crippen LogP contribution in [0.3, 0.4) is 0 Å². The lowest BCUT2D eigenvalue weighted by Gasteiger charge is -2.31. The zero-order valence-corrected chi connectivity index (χ0v) is 28.0. The molecule has 0 saturated carbocycles. The zero-order valence-electron chi connectivity index (χ0n) is 28.0. The highest BCUT2D eigenvalue weighted by Crippen LogP contribution is 2.48. The molecule has 0 unspecified atom stereocenters. The second-order valence-corrected chi connectivity index (χ2v) is 14.5. The van der Waals surface area contributed by atoms with Crippen molar-refractivity contribution in [2.45, 2.75) is 77.7 Å². The van der Waals surface area contributed by atoms with Gasteiger partial charge in [-0.1, -0.05) is 104 Å². The predicted octanol–water partition coefficient (Wildman–Crippen LogP) is 10.5.